The van der Waals surface area contributed by atoms with Crippen molar-refractivity contribution >= 4 is 0 Å². The SMILES string of the molecule is Fc1ccc(OCCN2CCC[C@@H](c3ccn[nH]3)C2)cc1. The van der Waals surface area contributed by atoms with Crippen LogP contribution < -0.4 is 4.74 Å². The van der Waals surface area contributed by atoms with Crippen LogP contribution in [0.2, 0.25) is 0 Å². The van der Waals surface area contributed by atoms with Crippen molar-refractivity contribution in [2.75, 3.05) is 26.2 Å². The van der Waals surface area contributed by atoms with E-state index in [-0.39, 0.29) is 5.82 Å². The first-order chi connectivity index (χ1) is 10.3. The van der Waals surface area contributed by atoms with Crippen molar-refractivity contribution in [2.24, 2.45) is 0 Å². The zero-order valence-electron chi connectivity index (χ0n) is 12.0. The first-order valence-corrected chi connectivity index (χ1v) is 7.41. The molecule has 0 saturated carbocycles. The molecule has 0 amide bonds. The fraction of sp³-hybridized carbons (Fsp3) is 0.438. The lowest BCUT2D eigenvalue weighted by molar-refractivity contribution is 0.169. The molecular weight excluding hydrogens is 269 g/mol. The van der Waals surface area contributed by atoms with Gasteiger partial charge in [-0.3, -0.25) is 10.00 Å². The molecule has 0 radical (unpaired) electrons. The minimum absolute atomic E-state index is 0.235. The summed E-state index contributed by atoms with van der Waals surface area (Å²) in [5, 5.41) is 7.10. The first kappa shape index (κ1) is 14.1. The molecule has 1 fully saturated rings. The van der Waals surface area contributed by atoms with E-state index in [4.69, 9.17) is 4.74 Å². The summed E-state index contributed by atoms with van der Waals surface area (Å²) in [7, 11) is 0. The lowest BCUT2D eigenvalue weighted by atomic mass is 9.95. The van der Waals surface area contributed by atoms with Gasteiger partial charge in [0.2, 0.25) is 0 Å². The molecule has 5 heteroatoms. The van der Waals surface area contributed by atoms with E-state index in [0.717, 1.165) is 25.4 Å². The number of aromatic nitrogens is 2. The number of H-pyrrole nitrogens is 1. The maximum absolute atomic E-state index is 12.8. The van der Waals surface area contributed by atoms with Crippen LogP contribution in [0.15, 0.2) is 36.5 Å². The van der Waals surface area contributed by atoms with Gasteiger partial charge in [0, 0.05) is 30.9 Å². The Hall–Kier alpha value is -1.88. The van der Waals surface area contributed by atoms with E-state index in [1.165, 1.54) is 30.7 Å². The topological polar surface area (TPSA) is 41.1 Å². The van der Waals surface area contributed by atoms with Gasteiger partial charge in [-0.15, -0.1) is 0 Å². The van der Waals surface area contributed by atoms with Gasteiger partial charge in [0.05, 0.1) is 0 Å². The Bertz CT molecular complexity index is 541. The van der Waals surface area contributed by atoms with Gasteiger partial charge < -0.3 is 4.74 Å². The number of nitrogens with zero attached hydrogens (tertiary/aromatic N) is 2. The Morgan fingerprint density at radius 2 is 2.14 bits per heavy atom. The summed E-state index contributed by atoms with van der Waals surface area (Å²) in [6.45, 7) is 3.66. The van der Waals surface area contributed by atoms with Gasteiger partial charge in [-0.25, -0.2) is 4.39 Å². The first-order valence-electron chi connectivity index (χ1n) is 7.41. The smallest absolute Gasteiger partial charge is 0.123 e. The predicted octanol–water partition coefficient (Wildman–Crippen LogP) is 2.81. The third-order valence-electron chi connectivity index (χ3n) is 3.96. The second kappa shape index (κ2) is 6.72. The molecule has 1 saturated heterocycles. The van der Waals surface area contributed by atoms with Gasteiger partial charge in [0.1, 0.15) is 18.2 Å². The molecule has 1 aliphatic heterocycles. The van der Waals surface area contributed by atoms with Gasteiger partial charge in [-0.05, 0) is 49.7 Å². The standard InChI is InChI=1S/C16H20FN3O/c17-14-3-5-15(6-4-14)21-11-10-20-9-1-2-13(12-20)16-7-8-18-19-16/h3-8,13H,1-2,9-12H2,(H,18,19)/t13-/m1/s1. The Balaban J connectivity index is 1.46. The number of aromatic amines is 1. The second-order valence-corrected chi connectivity index (χ2v) is 5.45. The van der Waals surface area contributed by atoms with Crippen molar-refractivity contribution in [3.05, 3.63) is 48.0 Å². The van der Waals surface area contributed by atoms with Crippen molar-refractivity contribution in [1.82, 2.24) is 15.1 Å². The molecule has 2 heterocycles. The summed E-state index contributed by atoms with van der Waals surface area (Å²) < 4.78 is 18.5. The largest absolute Gasteiger partial charge is 0.492 e. The fourth-order valence-electron chi connectivity index (χ4n) is 2.83. The number of ether oxygens (including phenoxy) is 1. The molecule has 4 nitrogen and oxygen atoms in total. The van der Waals surface area contributed by atoms with Crippen LogP contribution in [0.4, 0.5) is 4.39 Å². The summed E-state index contributed by atoms with van der Waals surface area (Å²) >= 11 is 0. The number of hydrogen-bond acceptors (Lipinski definition) is 3. The van der Waals surface area contributed by atoms with Gasteiger partial charge >= 0.3 is 0 Å². The van der Waals surface area contributed by atoms with E-state index in [9.17, 15) is 4.39 Å². The van der Waals surface area contributed by atoms with Crippen LogP contribution in [-0.2, 0) is 0 Å². The molecule has 1 N–H and O–H groups in total. The van der Waals surface area contributed by atoms with Crippen LogP contribution in [0.25, 0.3) is 0 Å². The number of nitrogens with one attached hydrogen (secondary N) is 1. The Morgan fingerprint density at radius 3 is 2.90 bits per heavy atom. The van der Waals surface area contributed by atoms with Crippen LogP contribution in [0.5, 0.6) is 5.75 Å². The average molecular weight is 289 g/mol. The predicted molar refractivity (Wildman–Crippen MR) is 78.9 cm³/mol. The number of halogens is 1. The maximum atomic E-state index is 12.8. The average Bonchev–Trinajstić information content (AvgIpc) is 3.04. The monoisotopic (exact) mass is 289 g/mol. The van der Waals surface area contributed by atoms with E-state index < -0.39 is 0 Å². The van der Waals surface area contributed by atoms with Crippen LogP contribution >= 0.6 is 0 Å². The summed E-state index contributed by atoms with van der Waals surface area (Å²) in [5.41, 5.74) is 1.22. The third kappa shape index (κ3) is 3.82. The van der Waals surface area contributed by atoms with E-state index in [1.807, 2.05) is 6.20 Å². The van der Waals surface area contributed by atoms with Crippen molar-refractivity contribution in [2.45, 2.75) is 18.8 Å². The van der Waals surface area contributed by atoms with E-state index >= 15 is 0 Å². The molecule has 0 bridgehead atoms. The minimum Gasteiger partial charge on any atom is -0.492 e. The molecule has 3 rings (SSSR count). The van der Waals surface area contributed by atoms with Gasteiger partial charge in [-0.2, -0.15) is 5.10 Å². The van der Waals surface area contributed by atoms with Crippen molar-refractivity contribution in [3.63, 3.8) is 0 Å². The Kier molecular flexibility index (Phi) is 4.50. The molecule has 1 atom stereocenters. The van der Waals surface area contributed by atoms with Crippen molar-refractivity contribution in [3.8, 4) is 5.75 Å². The highest BCUT2D eigenvalue weighted by Crippen LogP contribution is 2.24. The summed E-state index contributed by atoms with van der Waals surface area (Å²) in [6, 6.07) is 8.23. The molecule has 2 aromatic rings. The van der Waals surface area contributed by atoms with Gasteiger partial charge in [0.15, 0.2) is 0 Å². The highest BCUT2D eigenvalue weighted by Gasteiger charge is 2.21. The van der Waals surface area contributed by atoms with Gasteiger partial charge in [-0.1, -0.05) is 0 Å². The minimum atomic E-state index is -0.235. The molecule has 0 spiro atoms. The molecule has 1 aromatic carbocycles. The highest BCUT2D eigenvalue weighted by atomic mass is 19.1. The quantitative estimate of drug-likeness (QED) is 0.920. The highest BCUT2D eigenvalue weighted by molar-refractivity contribution is 5.22. The summed E-state index contributed by atoms with van der Waals surface area (Å²) in [6.07, 6.45) is 4.21. The van der Waals surface area contributed by atoms with E-state index in [1.54, 1.807) is 12.1 Å². The molecule has 21 heavy (non-hydrogen) atoms. The lowest BCUT2D eigenvalue weighted by Gasteiger charge is -2.32. The summed E-state index contributed by atoms with van der Waals surface area (Å²) in [5.74, 6) is 1.02. The maximum Gasteiger partial charge on any atom is 0.123 e. The molecular formula is C16H20FN3O. The normalized spacial score (nSPS) is 19.6. The van der Waals surface area contributed by atoms with Crippen LogP contribution in [0.1, 0.15) is 24.5 Å². The third-order valence-corrected chi connectivity index (χ3v) is 3.96. The number of hydrogen-bond donors (Lipinski definition) is 1. The number of benzene rings is 1. The molecule has 1 aliphatic rings. The van der Waals surface area contributed by atoms with Crippen molar-refractivity contribution < 1.29 is 9.13 Å². The molecule has 112 valence electrons. The molecule has 0 unspecified atom stereocenters. The van der Waals surface area contributed by atoms with E-state index in [0.29, 0.717) is 12.5 Å². The number of rotatable bonds is 5. The number of piperidine rings is 1. The lowest BCUT2D eigenvalue weighted by Crippen LogP contribution is -2.37. The van der Waals surface area contributed by atoms with Crippen LogP contribution in [0, 0.1) is 5.82 Å². The van der Waals surface area contributed by atoms with E-state index in [2.05, 4.69) is 21.2 Å². The zero-order valence-corrected chi connectivity index (χ0v) is 12.0. The Labute approximate surface area is 123 Å². The van der Waals surface area contributed by atoms with Gasteiger partial charge in [0.25, 0.3) is 0 Å². The van der Waals surface area contributed by atoms with Crippen LogP contribution in [0.3, 0.4) is 0 Å². The second-order valence-electron chi connectivity index (χ2n) is 5.45. The fourth-order valence-corrected chi connectivity index (χ4v) is 2.83. The molecule has 0 aliphatic carbocycles. The molecule has 1 aromatic heterocycles. The summed E-state index contributed by atoms with van der Waals surface area (Å²) in [4.78, 5) is 2.42. The van der Waals surface area contributed by atoms with Crippen LogP contribution in [-0.4, -0.2) is 41.3 Å². The van der Waals surface area contributed by atoms with Crippen molar-refractivity contribution in [1.29, 1.82) is 0 Å². The number of likely N-dealkylation sites (tertiary alicyclic amines) is 1. The Morgan fingerprint density at radius 1 is 1.29 bits per heavy atom. The zero-order chi connectivity index (χ0) is 14.5.